The highest BCUT2D eigenvalue weighted by Gasteiger charge is 2.20. The molecular formula is C13H18BrClN2O. The molecule has 1 unspecified atom stereocenters. The Morgan fingerprint density at radius 3 is 3.11 bits per heavy atom. The van der Waals surface area contributed by atoms with Crippen LogP contribution in [-0.4, -0.2) is 36.1 Å². The third-order valence-corrected chi connectivity index (χ3v) is 4.09. The quantitative estimate of drug-likeness (QED) is 0.789. The summed E-state index contributed by atoms with van der Waals surface area (Å²) in [5, 5.41) is 0. The van der Waals surface area contributed by atoms with E-state index < -0.39 is 0 Å². The van der Waals surface area contributed by atoms with Crippen molar-refractivity contribution in [3.63, 3.8) is 0 Å². The topological polar surface area (TPSA) is 25.4 Å². The predicted octanol–water partition coefficient (Wildman–Crippen LogP) is 3.45. The maximum atomic E-state index is 5.90. The Kier molecular flexibility index (Phi) is 5.27. The van der Waals surface area contributed by atoms with Crippen molar-refractivity contribution < 1.29 is 4.74 Å². The van der Waals surface area contributed by atoms with E-state index in [0.717, 1.165) is 16.6 Å². The van der Waals surface area contributed by atoms with Crippen LogP contribution in [0, 0.1) is 0 Å². The lowest BCUT2D eigenvalue weighted by molar-refractivity contribution is 0.122. The number of nitrogens with zero attached hydrogens (tertiary/aromatic N) is 2. The summed E-state index contributed by atoms with van der Waals surface area (Å²) in [6.07, 6.45) is 5.52. The molecule has 0 aromatic carbocycles. The van der Waals surface area contributed by atoms with Gasteiger partial charge in [-0.1, -0.05) is 6.42 Å². The van der Waals surface area contributed by atoms with Gasteiger partial charge in [-0.2, -0.15) is 0 Å². The van der Waals surface area contributed by atoms with Crippen molar-refractivity contribution in [2.24, 2.45) is 0 Å². The number of piperidine rings is 1. The van der Waals surface area contributed by atoms with E-state index in [1.807, 2.05) is 6.07 Å². The van der Waals surface area contributed by atoms with Crippen LogP contribution in [0.2, 0.25) is 0 Å². The molecule has 3 nitrogen and oxygen atoms in total. The standard InChI is InChI=1S/C13H18BrClN2O/c1-17-5-3-2-4-12(17)9-18-13-10(7-15)6-11(14)8-16-13/h6,8,12H,2-5,7,9H2,1H3. The van der Waals surface area contributed by atoms with Gasteiger partial charge in [-0.25, -0.2) is 4.98 Å². The van der Waals surface area contributed by atoms with Crippen LogP contribution in [0.1, 0.15) is 24.8 Å². The Hall–Kier alpha value is -0.320. The van der Waals surface area contributed by atoms with Crippen molar-refractivity contribution >= 4 is 27.5 Å². The second-order valence-corrected chi connectivity index (χ2v) is 5.88. The molecule has 2 heterocycles. The van der Waals surface area contributed by atoms with Crippen LogP contribution in [-0.2, 0) is 5.88 Å². The molecular weight excluding hydrogens is 316 g/mol. The number of likely N-dealkylation sites (tertiary alicyclic amines) is 1. The first-order valence-electron chi connectivity index (χ1n) is 6.24. The van der Waals surface area contributed by atoms with Crippen LogP contribution in [0.15, 0.2) is 16.7 Å². The number of pyridine rings is 1. The third-order valence-electron chi connectivity index (χ3n) is 3.37. The molecule has 1 fully saturated rings. The SMILES string of the molecule is CN1CCCCC1COc1ncc(Br)cc1CCl. The van der Waals surface area contributed by atoms with Crippen LogP contribution in [0.3, 0.4) is 0 Å². The average molecular weight is 334 g/mol. The zero-order valence-electron chi connectivity index (χ0n) is 10.5. The molecule has 5 heteroatoms. The molecule has 0 radical (unpaired) electrons. The number of rotatable bonds is 4. The van der Waals surface area contributed by atoms with Gasteiger partial charge in [0.1, 0.15) is 6.61 Å². The molecule has 1 aromatic rings. The van der Waals surface area contributed by atoms with Crippen molar-refractivity contribution in [2.45, 2.75) is 31.2 Å². The van der Waals surface area contributed by atoms with Crippen LogP contribution >= 0.6 is 27.5 Å². The van der Waals surface area contributed by atoms with E-state index in [2.05, 4.69) is 32.9 Å². The highest BCUT2D eigenvalue weighted by atomic mass is 79.9. The number of hydrogen-bond donors (Lipinski definition) is 0. The van der Waals surface area contributed by atoms with Crippen molar-refractivity contribution in [1.82, 2.24) is 9.88 Å². The van der Waals surface area contributed by atoms with Gasteiger partial charge in [-0.05, 0) is 48.4 Å². The van der Waals surface area contributed by atoms with E-state index >= 15 is 0 Å². The lowest BCUT2D eigenvalue weighted by Crippen LogP contribution is -2.40. The Bertz CT molecular complexity index is 403. The minimum absolute atomic E-state index is 0.419. The van der Waals surface area contributed by atoms with Gasteiger partial charge >= 0.3 is 0 Å². The summed E-state index contributed by atoms with van der Waals surface area (Å²) in [6, 6.07) is 2.45. The molecule has 1 aliphatic heterocycles. The molecule has 1 atom stereocenters. The van der Waals surface area contributed by atoms with Crippen molar-refractivity contribution in [2.75, 3.05) is 20.2 Å². The molecule has 1 aliphatic rings. The van der Waals surface area contributed by atoms with E-state index in [-0.39, 0.29) is 0 Å². The summed E-state index contributed by atoms with van der Waals surface area (Å²) in [7, 11) is 2.16. The maximum absolute atomic E-state index is 5.90. The number of ether oxygens (including phenoxy) is 1. The number of aromatic nitrogens is 1. The number of alkyl halides is 1. The fourth-order valence-corrected chi connectivity index (χ4v) is 2.79. The average Bonchev–Trinajstić information content (AvgIpc) is 2.39. The molecule has 1 aromatic heterocycles. The Morgan fingerprint density at radius 1 is 1.56 bits per heavy atom. The normalized spacial score (nSPS) is 20.9. The lowest BCUT2D eigenvalue weighted by Gasteiger charge is -2.32. The molecule has 0 amide bonds. The molecule has 0 N–H and O–H groups in total. The number of hydrogen-bond acceptors (Lipinski definition) is 3. The molecule has 18 heavy (non-hydrogen) atoms. The third kappa shape index (κ3) is 3.59. The summed E-state index contributed by atoms with van der Waals surface area (Å²) < 4.78 is 6.77. The smallest absolute Gasteiger partial charge is 0.217 e. The van der Waals surface area contributed by atoms with Crippen LogP contribution in [0.4, 0.5) is 0 Å². The molecule has 0 spiro atoms. The second kappa shape index (κ2) is 6.73. The first-order chi connectivity index (χ1) is 8.70. The zero-order chi connectivity index (χ0) is 13.0. The van der Waals surface area contributed by atoms with Crippen molar-refractivity contribution in [3.8, 4) is 5.88 Å². The van der Waals surface area contributed by atoms with Gasteiger partial charge in [-0.3, -0.25) is 0 Å². The molecule has 1 saturated heterocycles. The van der Waals surface area contributed by atoms with Gasteiger partial charge in [0.2, 0.25) is 5.88 Å². The maximum Gasteiger partial charge on any atom is 0.217 e. The van der Waals surface area contributed by atoms with Gasteiger partial charge < -0.3 is 9.64 Å². The number of likely N-dealkylation sites (N-methyl/N-ethyl adjacent to an activating group) is 1. The van der Waals surface area contributed by atoms with Crippen molar-refractivity contribution in [3.05, 3.63) is 22.3 Å². The molecule has 2 rings (SSSR count). The van der Waals surface area contributed by atoms with E-state index in [1.165, 1.54) is 19.3 Å². The van der Waals surface area contributed by atoms with E-state index in [1.54, 1.807) is 6.20 Å². The van der Waals surface area contributed by atoms with Gasteiger partial charge in [-0.15, -0.1) is 11.6 Å². The van der Waals surface area contributed by atoms with Crippen LogP contribution < -0.4 is 4.74 Å². The highest BCUT2D eigenvalue weighted by Crippen LogP contribution is 2.23. The Balaban J connectivity index is 1.97. The summed E-state index contributed by atoms with van der Waals surface area (Å²) >= 11 is 9.29. The fourth-order valence-electron chi connectivity index (χ4n) is 2.22. The molecule has 0 bridgehead atoms. The minimum atomic E-state index is 0.419. The van der Waals surface area contributed by atoms with E-state index in [4.69, 9.17) is 16.3 Å². The fraction of sp³-hybridized carbons (Fsp3) is 0.615. The summed E-state index contributed by atoms with van der Waals surface area (Å²) in [5.74, 6) is 1.08. The van der Waals surface area contributed by atoms with Gasteiger partial charge in [0.05, 0.1) is 5.88 Å². The molecule has 0 saturated carbocycles. The number of halogens is 2. The van der Waals surface area contributed by atoms with Gasteiger partial charge in [0.25, 0.3) is 0 Å². The summed E-state index contributed by atoms with van der Waals surface area (Å²) in [5.41, 5.74) is 0.935. The first-order valence-corrected chi connectivity index (χ1v) is 7.57. The van der Waals surface area contributed by atoms with Crippen molar-refractivity contribution in [1.29, 1.82) is 0 Å². The summed E-state index contributed by atoms with van der Waals surface area (Å²) in [4.78, 5) is 6.65. The lowest BCUT2D eigenvalue weighted by atomic mass is 10.0. The van der Waals surface area contributed by atoms with E-state index in [9.17, 15) is 0 Å². The van der Waals surface area contributed by atoms with Crippen LogP contribution in [0.25, 0.3) is 0 Å². The minimum Gasteiger partial charge on any atom is -0.476 e. The first kappa shape index (κ1) is 14.1. The second-order valence-electron chi connectivity index (χ2n) is 4.69. The highest BCUT2D eigenvalue weighted by molar-refractivity contribution is 9.10. The van der Waals surface area contributed by atoms with Crippen LogP contribution in [0.5, 0.6) is 5.88 Å². The van der Waals surface area contributed by atoms with Gasteiger partial charge in [0, 0.05) is 22.3 Å². The zero-order valence-corrected chi connectivity index (χ0v) is 12.9. The summed E-state index contributed by atoms with van der Waals surface area (Å²) in [6.45, 7) is 1.85. The van der Waals surface area contributed by atoms with Gasteiger partial charge in [0.15, 0.2) is 0 Å². The Morgan fingerprint density at radius 2 is 2.39 bits per heavy atom. The largest absolute Gasteiger partial charge is 0.476 e. The predicted molar refractivity (Wildman–Crippen MR) is 77.3 cm³/mol. The molecule has 100 valence electrons. The Labute approximate surface area is 122 Å². The monoisotopic (exact) mass is 332 g/mol. The molecule has 0 aliphatic carbocycles. The van der Waals surface area contributed by atoms with E-state index in [0.29, 0.717) is 24.4 Å².